The summed E-state index contributed by atoms with van der Waals surface area (Å²) in [5.74, 6) is 0.662. The molecule has 0 spiro atoms. The second-order valence-corrected chi connectivity index (χ2v) is 6.57. The van der Waals surface area contributed by atoms with E-state index in [0.717, 1.165) is 34.7 Å². The summed E-state index contributed by atoms with van der Waals surface area (Å²) in [7, 11) is 0. The Balaban J connectivity index is 1.98. The van der Waals surface area contributed by atoms with Gasteiger partial charge in [0.2, 0.25) is 0 Å². The molecule has 5 rings (SSSR count). The van der Waals surface area contributed by atoms with Crippen LogP contribution in [0.3, 0.4) is 0 Å². The van der Waals surface area contributed by atoms with Gasteiger partial charge in [0.25, 0.3) is 0 Å². The van der Waals surface area contributed by atoms with Crippen molar-refractivity contribution in [1.29, 1.82) is 0 Å². The molecule has 2 N–H and O–H groups in total. The minimum Gasteiger partial charge on any atom is -0.465 e. The highest BCUT2D eigenvalue weighted by molar-refractivity contribution is 6.30. The van der Waals surface area contributed by atoms with Crippen LogP contribution in [0, 0.1) is 5.92 Å². The Hall–Kier alpha value is -2.00. The summed E-state index contributed by atoms with van der Waals surface area (Å²) in [6.45, 7) is 0. The molecule has 0 saturated carbocycles. The lowest BCUT2D eigenvalue weighted by Gasteiger charge is -2.35. The Morgan fingerprint density at radius 1 is 1.32 bits per heavy atom. The quantitative estimate of drug-likeness (QED) is 0.788. The third kappa shape index (κ3) is 2.08. The van der Waals surface area contributed by atoms with Crippen molar-refractivity contribution in [3.05, 3.63) is 57.8 Å². The van der Waals surface area contributed by atoms with Crippen LogP contribution in [0.15, 0.2) is 41.1 Å². The third-order valence-corrected chi connectivity index (χ3v) is 5.25. The van der Waals surface area contributed by atoms with E-state index >= 15 is 0 Å². The minimum atomic E-state index is -1.01. The van der Waals surface area contributed by atoms with Gasteiger partial charge in [-0.25, -0.2) is 4.79 Å². The van der Waals surface area contributed by atoms with Gasteiger partial charge in [-0.1, -0.05) is 42.0 Å². The van der Waals surface area contributed by atoms with Crippen molar-refractivity contribution in [2.75, 3.05) is 0 Å². The lowest BCUT2D eigenvalue weighted by molar-refractivity contribution is 0.197. The molecule has 4 aliphatic rings. The molecule has 3 nitrogen and oxygen atoms in total. The predicted octanol–water partition coefficient (Wildman–Crippen LogP) is 4.71. The second-order valence-electron chi connectivity index (χ2n) is 6.13. The molecule has 4 heteroatoms. The van der Waals surface area contributed by atoms with Gasteiger partial charge in [0.05, 0.1) is 0 Å². The van der Waals surface area contributed by atoms with Gasteiger partial charge in [0.1, 0.15) is 0 Å². The van der Waals surface area contributed by atoms with E-state index in [9.17, 15) is 4.79 Å². The van der Waals surface area contributed by atoms with Crippen molar-refractivity contribution < 1.29 is 9.90 Å². The standard InChI is InChI=1S/C18H16ClNO2/c19-15-9-14-13-6-2-4-10-3-1-5-11(17(10)13)7-12(15)8-16(14)20-18(21)22/h1-4,6,9,11-12,20H,5,7-8H2,(H,21,22). The van der Waals surface area contributed by atoms with Crippen molar-refractivity contribution in [1.82, 2.24) is 5.32 Å². The van der Waals surface area contributed by atoms with Gasteiger partial charge >= 0.3 is 6.09 Å². The molecule has 1 amide bonds. The fourth-order valence-electron chi connectivity index (χ4n) is 3.93. The SMILES string of the molecule is O=C(O)NC1=C2C=C(Cl)C(C1)CC1CC=Cc3cccc2c31. The zero-order chi connectivity index (χ0) is 15.3. The van der Waals surface area contributed by atoms with E-state index in [4.69, 9.17) is 16.7 Å². The molecule has 1 aromatic carbocycles. The summed E-state index contributed by atoms with van der Waals surface area (Å²) in [5.41, 5.74) is 5.40. The fraction of sp³-hybridized carbons (Fsp3) is 0.278. The molecular formula is C18H16ClNO2. The van der Waals surface area contributed by atoms with Gasteiger partial charge in [-0.15, -0.1) is 0 Å². The Kier molecular flexibility index (Phi) is 3.12. The largest absolute Gasteiger partial charge is 0.465 e. The Bertz CT molecular complexity index is 760. The lowest BCUT2D eigenvalue weighted by Crippen LogP contribution is -2.28. The fourth-order valence-corrected chi connectivity index (χ4v) is 4.21. The molecule has 0 fully saturated rings. The predicted molar refractivity (Wildman–Crippen MR) is 87.6 cm³/mol. The highest BCUT2D eigenvalue weighted by Gasteiger charge is 2.33. The van der Waals surface area contributed by atoms with Crippen LogP contribution in [0.4, 0.5) is 4.79 Å². The maximum atomic E-state index is 11.1. The molecule has 22 heavy (non-hydrogen) atoms. The number of hydrogen-bond acceptors (Lipinski definition) is 1. The van der Waals surface area contributed by atoms with Crippen molar-refractivity contribution >= 4 is 29.3 Å². The van der Waals surface area contributed by atoms with Crippen LogP contribution < -0.4 is 5.32 Å². The molecule has 0 radical (unpaired) electrons. The molecule has 112 valence electrons. The maximum Gasteiger partial charge on any atom is 0.408 e. The Morgan fingerprint density at radius 3 is 3.00 bits per heavy atom. The molecule has 0 aromatic heterocycles. The molecule has 1 aromatic rings. The molecule has 2 bridgehead atoms. The van der Waals surface area contributed by atoms with Gasteiger partial charge < -0.3 is 5.11 Å². The summed E-state index contributed by atoms with van der Waals surface area (Å²) < 4.78 is 0. The monoisotopic (exact) mass is 313 g/mol. The van der Waals surface area contributed by atoms with Crippen LogP contribution in [0.25, 0.3) is 11.6 Å². The number of hydrogen-bond donors (Lipinski definition) is 2. The first-order valence-corrected chi connectivity index (χ1v) is 7.91. The highest BCUT2D eigenvalue weighted by atomic mass is 35.5. The number of rotatable bonds is 1. The first-order chi connectivity index (χ1) is 10.6. The van der Waals surface area contributed by atoms with E-state index < -0.39 is 6.09 Å². The first-order valence-electron chi connectivity index (χ1n) is 7.53. The average molecular weight is 314 g/mol. The number of carboxylic acid groups (broad SMARTS) is 1. The molecular weight excluding hydrogens is 298 g/mol. The zero-order valence-corrected chi connectivity index (χ0v) is 12.7. The first kappa shape index (κ1) is 13.6. The normalized spacial score (nSPS) is 25.2. The van der Waals surface area contributed by atoms with E-state index in [1.54, 1.807) is 0 Å². The summed E-state index contributed by atoms with van der Waals surface area (Å²) >= 11 is 6.47. The maximum absolute atomic E-state index is 11.1. The van der Waals surface area contributed by atoms with Crippen LogP contribution in [0.1, 0.15) is 41.9 Å². The number of carbonyl (C=O) groups is 1. The number of allylic oxidation sites excluding steroid dienone is 5. The zero-order valence-electron chi connectivity index (χ0n) is 12.0. The molecule has 2 unspecified atom stereocenters. The van der Waals surface area contributed by atoms with Crippen molar-refractivity contribution in [2.45, 2.75) is 25.2 Å². The van der Waals surface area contributed by atoms with Crippen molar-refractivity contribution in [3.8, 4) is 0 Å². The van der Waals surface area contributed by atoms with Gasteiger partial charge in [-0.2, -0.15) is 0 Å². The Labute approximate surface area is 134 Å². The van der Waals surface area contributed by atoms with Crippen LogP contribution in [-0.4, -0.2) is 11.2 Å². The topological polar surface area (TPSA) is 49.3 Å². The summed E-state index contributed by atoms with van der Waals surface area (Å²) in [5, 5.41) is 12.6. The van der Waals surface area contributed by atoms with Gasteiger partial charge in [-0.3, -0.25) is 5.32 Å². The van der Waals surface area contributed by atoms with Crippen LogP contribution in [-0.2, 0) is 0 Å². The van der Waals surface area contributed by atoms with E-state index in [2.05, 4.69) is 29.6 Å². The van der Waals surface area contributed by atoms with Crippen molar-refractivity contribution in [2.24, 2.45) is 5.92 Å². The number of nitrogens with one attached hydrogen (secondary N) is 1. The van der Waals surface area contributed by atoms with Gasteiger partial charge in [0.15, 0.2) is 0 Å². The molecule has 0 heterocycles. The molecule has 2 atom stereocenters. The van der Waals surface area contributed by atoms with Gasteiger partial charge in [0, 0.05) is 22.2 Å². The minimum absolute atomic E-state index is 0.199. The van der Waals surface area contributed by atoms with E-state index in [1.807, 2.05) is 12.1 Å². The summed E-state index contributed by atoms with van der Waals surface area (Å²) in [6.07, 6.45) is 7.99. The second kappa shape index (κ2) is 5.03. The molecule has 0 saturated heterocycles. The van der Waals surface area contributed by atoms with Crippen LogP contribution in [0.2, 0.25) is 0 Å². The highest BCUT2D eigenvalue weighted by Crippen LogP contribution is 2.48. The van der Waals surface area contributed by atoms with Crippen LogP contribution >= 0.6 is 11.6 Å². The number of benzene rings is 1. The Morgan fingerprint density at radius 2 is 2.18 bits per heavy atom. The number of fused-ring (bicyclic) bond motifs is 1. The summed E-state index contributed by atoms with van der Waals surface area (Å²) in [6, 6.07) is 6.24. The molecule has 0 aliphatic heterocycles. The van der Waals surface area contributed by atoms with Crippen LogP contribution in [0.5, 0.6) is 0 Å². The summed E-state index contributed by atoms with van der Waals surface area (Å²) in [4.78, 5) is 11.1. The van der Waals surface area contributed by atoms with Crippen molar-refractivity contribution in [3.63, 3.8) is 0 Å². The van der Waals surface area contributed by atoms with E-state index in [0.29, 0.717) is 12.3 Å². The number of halogens is 1. The van der Waals surface area contributed by atoms with Gasteiger partial charge in [-0.05, 0) is 47.9 Å². The molecule has 4 aliphatic carbocycles. The van der Waals surface area contributed by atoms with E-state index in [1.165, 1.54) is 11.1 Å². The smallest absolute Gasteiger partial charge is 0.408 e. The third-order valence-electron chi connectivity index (χ3n) is 4.83. The average Bonchev–Trinajstić information content (AvgIpc) is 2.48. The number of amides is 1. The lowest BCUT2D eigenvalue weighted by atomic mass is 9.72. The van der Waals surface area contributed by atoms with E-state index in [-0.39, 0.29) is 5.92 Å².